The van der Waals surface area contributed by atoms with Crippen LogP contribution in [0.4, 0.5) is 11.9 Å². The average Bonchev–Trinajstić information content (AvgIpc) is 2.94. The lowest BCUT2D eigenvalue weighted by Crippen LogP contribution is -2.10. The van der Waals surface area contributed by atoms with Gasteiger partial charge in [-0.25, -0.2) is 19.9 Å². The Morgan fingerprint density at radius 3 is 2.72 bits per heavy atom. The molecule has 1 aliphatic heterocycles. The van der Waals surface area contributed by atoms with Gasteiger partial charge in [0.25, 0.3) is 0 Å². The minimum absolute atomic E-state index is 0.477. The molecule has 0 saturated carbocycles. The molecule has 92 valence electrons. The van der Waals surface area contributed by atoms with E-state index < -0.39 is 0 Å². The Morgan fingerprint density at radius 2 is 1.94 bits per heavy atom. The van der Waals surface area contributed by atoms with Gasteiger partial charge in [0.2, 0.25) is 11.9 Å². The van der Waals surface area contributed by atoms with Crippen molar-refractivity contribution < 1.29 is 0 Å². The van der Waals surface area contributed by atoms with Gasteiger partial charge in [-0.15, -0.1) is 0 Å². The first-order valence-corrected chi connectivity index (χ1v) is 5.99. The molecule has 1 fully saturated rings. The summed E-state index contributed by atoms with van der Waals surface area (Å²) in [7, 11) is 0. The summed E-state index contributed by atoms with van der Waals surface area (Å²) >= 11 is 0. The predicted molar refractivity (Wildman–Crippen MR) is 67.6 cm³/mol. The molecule has 6 heteroatoms. The summed E-state index contributed by atoms with van der Waals surface area (Å²) in [6, 6.07) is 3.74. The number of hydrogen-bond acceptors (Lipinski definition) is 6. The van der Waals surface area contributed by atoms with Crippen LogP contribution in [0.25, 0.3) is 0 Å². The summed E-state index contributed by atoms with van der Waals surface area (Å²) in [5.74, 6) is 1.54. The predicted octanol–water partition coefficient (Wildman–Crippen LogP) is 1.09. The van der Waals surface area contributed by atoms with Crippen LogP contribution in [0, 0.1) is 0 Å². The zero-order chi connectivity index (χ0) is 12.2. The van der Waals surface area contributed by atoms with Crippen LogP contribution in [0.1, 0.15) is 18.0 Å². The van der Waals surface area contributed by atoms with Crippen LogP contribution in [0.5, 0.6) is 0 Å². The molecule has 0 spiro atoms. The molecular formula is C12H14N6. The van der Waals surface area contributed by atoms with Gasteiger partial charge >= 0.3 is 0 Å². The van der Waals surface area contributed by atoms with Crippen molar-refractivity contribution in [2.45, 2.75) is 12.3 Å². The number of anilines is 2. The lowest BCUT2D eigenvalue weighted by atomic mass is 10.1. The van der Waals surface area contributed by atoms with Gasteiger partial charge in [-0.1, -0.05) is 0 Å². The molecule has 2 aromatic heterocycles. The minimum atomic E-state index is 0.477. The first-order chi connectivity index (χ1) is 8.92. The Morgan fingerprint density at radius 1 is 1.11 bits per heavy atom. The van der Waals surface area contributed by atoms with Crippen LogP contribution >= 0.6 is 0 Å². The number of rotatable bonds is 3. The Labute approximate surface area is 105 Å². The second kappa shape index (κ2) is 5.05. The van der Waals surface area contributed by atoms with Gasteiger partial charge in [-0.2, -0.15) is 0 Å². The van der Waals surface area contributed by atoms with Crippen molar-refractivity contribution in [1.29, 1.82) is 0 Å². The minimum Gasteiger partial charge on any atom is -0.316 e. The first kappa shape index (κ1) is 11.0. The Bertz CT molecular complexity index is 509. The van der Waals surface area contributed by atoms with Crippen molar-refractivity contribution in [2.24, 2.45) is 0 Å². The smallest absolute Gasteiger partial charge is 0.229 e. The van der Waals surface area contributed by atoms with Crippen molar-refractivity contribution in [3.05, 3.63) is 36.4 Å². The summed E-state index contributed by atoms with van der Waals surface area (Å²) in [5, 5.41) is 6.34. The fourth-order valence-electron chi connectivity index (χ4n) is 2.03. The van der Waals surface area contributed by atoms with Crippen LogP contribution in [0.3, 0.4) is 0 Å². The van der Waals surface area contributed by atoms with Gasteiger partial charge in [0.1, 0.15) is 0 Å². The largest absolute Gasteiger partial charge is 0.316 e. The second-order valence-corrected chi connectivity index (χ2v) is 4.19. The Kier molecular flexibility index (Phi) is 3.10. The maximum absolute atomic E-state index is 4.51. The van der Waals surface area contributed by atoms with E-state index in [0.717, 1.165) is 25.2 Å². The van der Waals surface area contributed by atoms with E-state index in [4.69, 9.17) is 0 Å². The Balaban J connectivity index is 1.78. The third kappa shape index (κ3) is 2.43. The fourth-order valence-corrected chi connectivity index (χ4v) is 2.03. The molecule has 1 atom stereocenters. The second-order valence-electron chi connectivity index (χ2n) is 4.19. The summed E-state index contributed by atoms with van der Waals surface area (Å²) < 4.78 is 0. The maximum atomic E-state index is 4.51. The van der Waals surface area contributed by atoms with Gasteiger partial charge in [0.15, 0.2) is 0 Å². The van der Waals surface area contributed by atoms with Crippen LogP contribution in [-0.4, -0.2) is 33.0 Å². The van der Waals surface area contributed by atoms with Crippen molar-refractivity contribution in [3.63, 3.8) is 0 Å². The maximum Gasteiger partial charge on any atom is 0.229 e. The van der Waals surface area contributed by atoms with E-state index in [1.165, 1.54) is 0 Å². The molecule has 0 aromatic carbocycles. The molecule has 1 aliphatic rings. The Hall–Kier alpha value is -2.08. The molecule has 0 amide bonds. The SMILES string of the molecule is c1cnc(Nc2nccc([C@@H]3CCNC3)n2)nc1. The van der Waals surface area contributed by atoms with E-state index in [1.54, 1.807) is 24.7 Å². The highest BCUT2D eigenvalue weighted by Crippen LogP contribution is 2.21. The number of hydrogen-bond donors (Lipinski definition) is 2. The van der Waals surface area contributed by atoms with E-state index in [9.17, 15) is 0 Å². The summed E-state index contributed by atoms with van der Waals surface area (Å²) in [5.41, 5.74) is 1.06. The molecule has 0 aliphatic carbocycles. The highest BCUT2D eigenvalue weighted by molar-refractivity contribution is 5.41. The van der Waals surface area contributed by atoms with E-state index in [1.807, 2.05) is 6.07 Å². The zero-order valence-corrected chi connectivity index (χ0v) is 9.87. The number of nitrogens with zero attached hydrogens (tertiary/aromatic N) is 4. The van der Waals surface area contributed by atoms with Gasteiger partial charge in [0, 0.05) is 31.1 Å². The normalized spacial score (nSPS) is 18.8. The highest BCUT2D eigenvalue weighted by Gasteiger charge is 2.18. The molecule has 0 bridgehead atoms. The van der Waals surface area contributed by atoms with Gasteiger partial charge in [-0.05, 0) is 25.1 Å². The summed E-state index contributed by atoms with van der Waals surface area (Å²) in [6.45, 7) is 2.04. The molecule has 2 N–H and O–H groups in total. The van der Waals surface area contributed by atoms with Crippen molar-refractivity contribution >= 4 is 11.9 Å². The van der Waals surface area contributed by atoms with E-state index in [2.05, 4.69) is 30.6 Å². The molecule has 1 saturated heterocycles. The van der Waals surface area contributed by atoms with Crippen molar-refractivity contribution in [3.8, 4) is 0 Å². The number of nitrogens with one attached hydrogen (secondary N) is 2. The van der Waals surface area contributed by atoms with Gasteiger partial charge < -0.3 is 5.32 Å². The molecule has 6 nitrogen and oxygen atoms in total. The van der Waals surface area contributed by atoms with E-state index in [0.29, 0.717) is 17.8 Å². The standard InChI is InChI=1S/C12H14N6/c1-4-14-11(15-5-1)18-12-16-7-3-10(17-12)9-2-6-13-8-9/h1,3-5,7,9,13H,2,6,8H2,(H,14,15,16,17,18)/t9-/m1/s1. The molecule has 0 unspecified atom stereocenters. The average molecular weight is 242 g/mol. The molecule has 3 rings (SSSR count). The number of aromatic nitrogens is 4. The molecular weight excluding hydrogens is 228 g/mol. The van der Waals surface area contributed by atoms with Crippen LogP contribution < -0.4 is 10.6 Å². The molecule has 2 aromatic rings. The van der Waals surface area contributed by atoms with Gasteiger partial charge in [0.05, 0.1) is 5.69 Å². The van der Waals surface area contributed by atoms with E-state index >= 15 is 0 Å². The van der Waals surface area contributed by atoms with Gasteiger partial charge in [-0.3, -0.25) is 5.32 Å². The monoisotopic (exact) mass is 242 g/mol. The fraction of sp³-hybridized carbons (Fsp3) is 0.333. The molecule has 18 heavy (non-hydrogen) atoms. The third-order valence-electron chi connectivity index (χ3n) is 2.95. The van der Waals surface area contributed by atoms with Crippen molar-refractivity contribution in [2.75, 3.05) is 18.4 Å². The third-order valence-corrected chi connectivity index (χ3v) is 2.95. The first-order valence-electron chi connectivity index (χ1n) is 5.99. The van der Waals surface area contributed by atoms with E-state index in [-0.39, 0.29) is 0 Å². The zero-order valence-electron chi connectivity index (χ0n) is 9.87. The molecule has 0 radical (unpaired) electrons. The van der Waals surface area contributed by atoms with Crippen molar-refractivity contribution in [1.82, 2.24) is 25.3 Å². The van der Waals surface area contributed by atoms with Crippen LogP contribution in [0.2, 0.25) is 0 Å². The quantitative estimate of drug-likeness (QED) is 0.839. The summed E-state index contributed by atoms with van der Waals surface area (Å²) in [6.07, 6.45) is 6.25. The highest BCUT2D eigenvalue weighted by atomic mass is 15.2. The summed E-state index contributed by atoms with van der Waals surface area (Å²) in [4.78, 5) is 16.9. The van der Waals surface area contributed by atoms with Crippen LogP contribution in [0.15, 0.2) is 30.7 Å². The lowest BCUT2D eigenvalue weighted by Gasteiger charge is -2.09. The topological polar surface area (TPSA) is 75.6 Å². The molecule has 3 heterocycles. The van der Waals surface area contributed by atoms with Crippen LogP contribution in [-0.2, 0) is 0 Å². The lowest BCUT2D eigenvalue weighted by molar-refractivity contribution is 0.732.